The molecule has 1 aromatic rings. The van der Waals surface area contributed by atoms with E-state index in [1.54, 1.807) is 39.8 Å². The molecule has 1 aromatic carbocycles. The van der Waals surface area contributed by atoms with Crippen molar-refractivity contribution in [1.29, 1.82) is 0 Å². The second-order valence-corrected chi connectivity index (χ2v) is 6.03. The van der Waals surface area contributed by atoms with E-state index in [-0.39, 0.29) is 0 Å². The Morgan fingerprint density at radius 2 is 1.67 bits per heavy atom. The van der Waals surface area contributed by atoms with Crippen LogP contribution < -0.4 is 5.46 Å². The summed E-state index contributed by atoms with van der Waals surface area (Å²) >= 11 is 11.7. The molecule has 18 heavy (non-hydrogen) atoms. The average Bonchev–Trinajstić information content (AvgIpc) is 2.19. The van der Waals surface area contributed by atoms with Gasteiger partial charge in [0.2, 0.25) is 0 Å². The van der Waals surface area contributed by atoms with Crippen molar-refractivity contribution in [2.75, 3.05) is 0 Å². The van der Waals surface area contributed by atoms with E-state index in [4.69, 9.17) is 27.9 Å². The van der Waals surface area contributed by atoms with E-state index < -0.39 is 18.3 Å². The highest BCUT2D eigenvalue weighted by molar-refractivity contribution is 6.60. The van der Waals surface area contributed by atoms with Gasteiger partial charge in [0.15, 0.2) is 0 Å². The number of rotatable bonds is 4. The van der Waals surface area contributed by atoms with Gasteiger partial charge in [-0.1, -0.05) is 29.3 Å². The Balaban J connectivity index is 2.89. The molecule has 0 fully saturated rings. The van der Waals surface area contributed by atoms with E-state index in [1.165, 1.54) is 6.07 Å². The lowest BCUT2D eigenvalue weighted by atomic mass is 9.76. The molecule has 0 aliphatic heterocycles. The van der Waals surface area contributed by atoms with Crippen LogP contribution in [0, 0.1) is 0 Å². The first kappa shape index (κ1) is 15.8. The Kier molecular flexibility index (Phi) is 4.73. The molecule has 0 saturated carbocycles. The van der Waals surface area contributed by atoms with Gasteiger partial charge in [-0.3, -0.25) is 0 Å². The van der Waals surface area contributed by atoms with Gasteiger partial charge < -0.3 is 14.8 Å². The van der Waals surface area contributed by atoms with Crippen LogP contribution in [0.5, 0.6) is 0 Å². The Bertz CT molecular complexity index is 430. The van der Waals surface area contributed by atoms with Gasteiger partial charge >= 0.3 is 7.12 Å². The molecule has 100 valence electrons. The van der Waals surface area contributed by atoms with Gasteiger partial charge in [-0.15, -0.1) is 0 Å². The molecule has 0 saturated heterocycles. The predicted molar refractivity (Wildman–Crippen MR) is 75.5 cm³/mol. The van der Waals surface area contributed by atoms with E-state index in [2.05, 4.69) is 0 Å². The van der Waals surface area contributed by atoms with Crippen LogP contribution in [0.25, 0.3) is 0 Å². The van der Waals surface area contributed by atoms with E-state index >= 15 is 0 Å². The molecule has 0 aromatic heterocycles. The molecular formula is C12H17BCl2O3. The summed E-state index contributed by atoms with van der Waals surface area (Å²) in [5.74, 6) is 0. The highest BCUT2D eigenvalue weighted by atomic mass is 35.5. The second-order valence-electron chi connectivity index (χ2n) is 5.21. The smallest absolute Gasteiger partial charge is 0.423 e. The zero-order valence-electron chi connectivity index (χ0n) is 10.9. The number of benzene rings is 1. The minimum atomic E-state index is -1.18. The summed E-state index contributed by atoms with van der Waals surface area (Å²) in [4.78, 5) is 0. The number of aliphatic hydroxyl groups is 1. The van der Waals surface area contributed by atoms with Crippen molar-refractivity contribution in [3.63, 3.8) is 0 Å². The Labute approximate surface area is 118 Å². The predicted octanol–water partition coefficient (Wildman–Crippen LogP) is 2.25. The van der Waals surface area contributed by atoms with E-state index in [0.717, 1.165) is 0 Å². The first-order valence-corrected chi connectivity index (χ1v) is 6.33. The van der Waals surface area contributed by atoms with Gasteiger partial charge in [0.1, 0.15) is 0 Å². The summed E-state index contributed by atoms with van der Waals surface area (Å²) in [5.41, 5.74) is -1.52. The topological polar surface area (TPSA) is 49.7 Å². The standard InChI is InChI=1S/C12H17BCl2O3/c1-11(2,16)12(3,4)18-13(17)8-5-6-9(14)10(15)7-8/h5-7,16-17H,1-4H3. The van der Waals surface area contributed by atoms with Crippen molar-refractivity contribution in [3.05, 3.63) is 28.2 Å². The highest BCUT2D eigenvalue weighted by Crippen LogP contribution is 2.26. The van der Waals surface area contributed by atoms with Gasteiger partial charge in [-0.25, -0.2) is 0 Å². The third-order valence-corrected chi connectivity index (χ3v) is 3.85. The largest absolute Gasteiger partial charge is 0.491 e. The third kappa shape index (κ3) is 3.62. The Morgan fingerprint density at radius 1 is 1.11 bits per heavy atom. The molecule has 2 N–H and O–H groups in total. The maximum atomic E-state index is 10.00. The Morgan fingerprint density at radius 3 is 2.11 bits per heavy atom. The molecule has 0 radical (unpaired) electrons. The van der Waals surface area contributed by atoms with Crippen LogP contribution in [0.15, 0.2) is 18.2 Å². The van der Waals surface area contributed by atoms with Crippen LogP contribution in [-0.4, -0.2) is 28.5 Å². The molecule has 0 bridgehead atoms. The minimum Gasteiger partial charge on any atom is -0.423 e. The highest BCUT2D eigenvalue weighted by Gasteiger charge is 2.39. The first-order valence-electron chi connectivity index (χ1n) is 5.58. The lowest BCUT2D eigenvalue weighted by Gasteiger charge is -2.38. The van der Waals surface area contributed by atoms with Gasteiger partial charge in [0.25, 0.3) is 0 Å². The van der Waals surface area contributed by atoms with Crippen LogP contribution >= 0.6 is 23.2 Å². The fraction of sp³-hybridized carbons (Fsp3) is 0.500. The number of hydrogen-bond acceptors (Lipinski definition) is 3. The molecule has 0 unspecified atom stereocenters. The molecule has 0 atom stereocenters. The van der Waals surface area contributed by atoms with Crippen LogP contribution in [0.1, 0.15) is 27.7 Å². The zero-order valence-corrected chi connectivity index (χ0v) is 12.4. The van der Waals surface area contributed by atoms with Crippen molar-refractivity contribution in [1.82, 2.24) is 0 Å². The molecule has 1 rings (SSSR count). The Hall–Kier alpha value is -0.255. The minimum absolute atomic E-state index is 0.345. The normalized spacial score (nSPS) is 12.7. The van der Waals surface area contributed by atoms with Crippen molar-refractivity contribution >= 4 is 35.8 Å². The van der Waals surface area contributed by atoms with E-state index in [9.17, 15) is 10.1 Å². The van der Waals surface area contributed by atoms with Gasteiger partial charge in [0.05, 0.1) is 21.2 Å². The molecule has 0 aliphatic rings. The molecular weight excluding hydrogens is 274 g/mol. The van der Waals surface area contributed by atoms with Crippen molar-refractivity contribution in [2.24, 2.45) is 0 Å². The third-order valence-electron chi connectivity index (χ3n) is 3.11. The SMILES string of the molecule is CC(C)(O)C(C)(C)OB(O)c1ccc(Cl)c(Cl)c1. The van der Waals surface area contributed by atoms with Crippen molar-refractivity contribution in [2.45, 2.75) is 38.9 Å². The number of hydrogen-bond donors (Lipinski definition) is 2. The van der Waals surface area contributed by atoms with E-state index in [1.807, 2.05) is 0 Å². The summed E-state index contributed by atoms with van der Waals surface area (Å²) in [6.45, 7) is 6.64. The lowest BCUT2D eigenvalue weighted by molar-refractivity contribution is -0.0982. The van der Waals surface area contributed by atoms with Crippen LogP contribution in [-0.2, 0) is 4.65 Å². The lowest BCUT2D eigenvalue weighted by Crippen LogP contribution is -2.53. The average molecular weight is 291 g/mol. The summed E-state index contributed by atoms with van der Waals surface area (Å²) in [6, 6.07) is 4.75. The van der Waals surface area contributed by atoms with Gasteiger partial charge in [0, 0.05) is 0 Å². The molecule has 0 heterocycles. The van der Waals surface area contributed by atoms with Crippen LogP contribution in [0.3, 0.4) is 0 Å². The summed E-state index contributed by atoms with van der Waals surface area (Å²) < 4.78 is 5.49. The molecule has 0 spiro atoms. The number of halogens is 2. The maximum absolute atomic E-state index is 10.00. The monoisotopic (exact) mass is 290 g/mol. The zero-order chi connectivity index (χ0) is 14.1. The maximum Gasteiger partial charge on any atom is 0.491 e. The fourth-order valence-electron chi connectivity index (χ4n) is 1.16. The van der Waals surface area contributed by atoms with Crippen LogP contribution in [0.2, 0.25) is 10.0 Å². The fourth-order valence-corrected chi connectivity index (χ4v) is 1.46. The first-order chi connectivity index (χ1) is 8.04. The quantitative estimate of drug-likeness (QED) is 0.836. The van der Waals surface area contributed by atoms with Gasteiger partial charge in [-0.05, 0) is 45.3 Å². The molecule has 3 nitrogen and oxygen atoms in total. The molecule has 0 aliphatic carbocycles. The molecule has 6 heteroatoms. The summed E-state index contributed by atoms with van der Waals surface area (Å²) in [6.07, 6.45) is 0. The van der Waals surface area contributed by atoms with Crippen LogP contribution in [0.4, 0.5) is 0 Å². The molecule has 0 amide bonds. The van der Waals surface area contributed by atoms with E-state index in [0.29, 0.717) is 15.5 Å². The second kappa shape index (κ2) is 5.39. The van der Waals surface area contributed by atoms with Gasteiger partial charge in [-0.2, -0.15) is 0 Å². The summed E-state index contributed by atoms with van der Waals surface area (Å²) in [7, 11) is -1.18. The van der Waals surface area contributed by atoms with Crippen molar-refractivity contribution in [3.8, 4) is 0 Å². The summed E-state index contributed by atoms with van der Waals surface area (Å²) in [5, 5.41) is 20.7. The van der Waals surface area contributed by atoms with Crippen molar-refractivity contribution < 1.29 is 14.8 Å².